The van der Waals surface area contributed by atoms with E-state index in [0.717, 1.165) is 16.4 Å². The van der Waals surface area contributed by atoms with Gasteiger partial charge in [0, 0.05) is 25.2 Å². The molecule has 1 rings (SSSR count). The number of likely N-dealkylation sites (N-methyl/N-ethyl adjacent to an activating group) is 1. The van der Waals surface area contributed by atoms with Crippen LogP contribution in [0.25, 0.3) is 0 Å². The zero-order valence-corrected chi connectivity index (χ0v) is 12.9. The van der Waals surface area contributed by atoms with E-state index in [1.165, 1.54) is 19.9 Å². The van der Waals surface area contributed by atoms with E-state index in [0.29, 0.717) is 0 Å². The van der Waals surface area contributed by atoms with Crippen LogP contribution >= 0.6 is 0 Å². The molecule has 8 nitrogen and oxygen atoms in total. The van der Waals surface area contributed by atoms with Crippen molar-refractivity contribution in [1.29, 1.82) is 0 Å². The topological polar surface area (TPSA) is 127 Å². The van der Waals surface area contributed by atoms with Crippen LogP contribution in [0.5, 0.6) is 0 Å². The summed E-state index contributed by atoms with van der Waals surface area (Å²) in [5.41, 5.74) is 3.97. The van der Waals surface area contributed by atoms with Gasteiger partial charge in [0.05, 0.1) is 16.2 Å². The summed E-state index contributed by atoms with van der Waals surface area (Å²) in [6.45, 7) is 4.52. The highest BCUT2D eigenvalue weighted by Crippen LogP contribution is 2.27. The molecule has 0 atom stereocenters. The molecule has 1 aromatic carbocycles. The summed E-state index contributed by atoms with van der Waals surface area (Å²) in [5.74, 6) is 0. The van der Waals surface area contributed by atoms with Gasteiger partial charge in [-0.3, -0.25) is 10.1 Å². The van der Waals surface area contributed by atoms with Crippen LogP contribution in [0, 0.1) is 10.1 Å². The van der Waals surface area contributed by atoms with Crippen LogP contribution in [0.1, 0.15) is 20.8 Å². The number of non-ortho nitro benzene ring substituents is 1. The standard InChI is InChI=1S/C12H19N3O5S/c1-4-14(8-12(2,3)16)21(19,20)11-7-9(15(17)18)5-6-10(11)13/h5-7,16H,4,8,13H2,1-3H3. The van der Waals surface area contributed by atoms with E-state index in [9.17, 15) is 23.6 Å². The summed E-state index contributed by atoms with van der Waals surface area (Å²) in [4.78, 5) is 9.76. The van der Waals surface area contributed by atoms with E-state index >= 15 is 0 Å². The molecule has 1 aromatic rings. The molecule has 0 heterocycles. The van der Waals surface area contributed by atoms with Gasteiger partial charge in [0.25, 0.3) is 5.69 Å². The third-order valence-corrected chi connectivity index (χ3v) is 4.72. The smallest absolute Gasteiger partial charge is 0.270 e. The molecule has 0 aromatic heterocycles. The number of nitro groups is 1. The molecule has 0 radical (unpaired) electrons. The monoisotopic (exact) mass is 317 g/mol. The Balaban J connectivity index is 3.35. The van der Waals surface area contributed by atoms with Crippen molar-refractivity contribution in [2.75, 3.05) is 18.8 Å². The Morgan fingerprint density at radius 1 is 1.43 bits per heavy atom. The molecule has 118 valence electrons. The number of nitrogen functional groups attached to an aromatic ring is 1. The Bertz CT molecular complexity index is 637. The number of nitrogens with zero attached hydrogens (tertiary/aromatic N) is 2. The Labute approximate surface area is 123 Å². The first-order chi connectivity index (χ1) is 9.49. The normalized spacial score (nSPS) is 12.6. The Kier molecular flexibility index (Phi) is 4.92. The van der Waals surface area contributed by atoms with Crippen molar-refractivity contribution in [3.8, 4) is 0 Å². The van der Waals surface area contributed by atoms with Crippen molar-refractivity contribution >= 4 is 21.4 Å². The van der Waals surface area contributed by atoms with Gasteiger partial charge in [0.1, 0.15) is 4.90 Å². The van der Waals surface area contributed by atoms with E-state index in [-0.39, 0.29) is 29.4 Å². The van der Waals surface area contributed by atoms with Crippen LogP contribution in [-0.4, -0.2) is 41.4 Å². The van der Waals surface area contributed by atoms with Crippen LogP contribution in [0.4, 0.5) is 11.4 Å². The van der Waals surface area contributed by atoms with Gasteiger partial charge in [-0.25, -0.2) is 8.42 Å². The first-order valence-corrected chi connectivity index (χ1v) is 7.69. The number of benzene rings is 1. The van der Waals surface area contributed by atoms with Gasteiger partial charge < -0.3 is 10.8 Å². The molecule has 0 aliphatic heterocycles. The van der Waals surface area contributed by atoms with E-state index < -0.39 is 20.5 Å². The van der Waals surface area contributed by atoms with Crippen molar-refractivity contribution in [1.82, 2.24) is 4.31 Å². The lowest BCUT2D eigenvalue weighted by molar-refractivity contribution is -0.385. The van der Waals surface area contributed by atoms with Crippen molar-refractivity contribution < 1.29 is 18.4 Å². The van der Waals surface area contributed by atoms with Crippen LogP contribution in [0.2, 0.25) is 0 Å². The average Bonchev–Trinajstić information content (AvgIpc) is 2.34. The molecule has 0 unspecified atom stereocenters. The second-order valence-electron chi connectivity index (χ2n) is 5.22. The highest BCUT2D eigenvalue weighted by molar-refractivity contribution is 7.89. The van der Waals surface area contributed by atoms with E-state index in [1.54, 1.807) is 6.92 Å². The molecular formula is C12H19N3O5S. The van der Waals surface area contributed by atoms with Crippen molar-refractivity contribution in [2.45, 2.75) is 31.3 Å². The van der Waals surface area contributed by atoms with Gasteiger partial charge in [-0.15, -0.1) is 0 Å². The lowest BCUT2D eigenvalue weighted by Gasteiger charge is -2.27. The highest BCUT2D eigenvalue weighted by Gasteiger charge is 2.31. The van der Waals surface area contributed by atoms with Crippen molar-refractivity contribution in [3.05, 3.63) is 28.3 Å². The van der Waals surface area contributed by atoms with Gasteiger partial charge in [-0.1, -0.05) is 6.92 Å². The zero-order chi connectivity index (χ0) is 16.4. The number of hydrogen-bond acceptors (Lipinski definition) is 6. The van der Waals surface area contributed by atoms with E-state index in [1.807, 2.05) is 0 Å². The van der Waals surface area contributed by atoms with Crippen molar-refractivity contribution in [3.63, 3.8) is 0 Å². The summed E-state index contributed by atoms with van der Waals surface area (Å²) in [6.07, 6.45) is 0. The third kappa shape index (κ3) is 4.13. The number of anilines is 1. The molecule has 21 heavy (non-hydrogen) atoms. The molecule has 0 aliphatic rings. The largest absolute Gasteiger partial charge is 0.398 e. The van der Waals surface area contributed by atoms with E-state index in [2.05, 4.69) is 0 Å². The van der Waals surface area contributed by atoms with Gasteiger partial charge in [-0.05, 0) is 19.9 Å². The molecule has 9 heteroatoms. The lowest BCUT2D eigenvalue weighted by atomic mass is 10.1. The number of nitrogens with two attached hydrogens (primary N) is 1. The first kappa shape index (κ1) is 17.3. The predicted octanol–water partition coefficient (Wildman–Crippen LogP) is 0.958. The fourth-order valence-corrected chi connectivity index (χ4v) is 3.54. The maximum Gasteiger partial charge on any atom is 0.270 e. The molecule has 0 saturated heterocycles. The summed E-state index contributed by atoms with van der Waals surface area (Å²) >= 11 is 0. The molecule has 0 bridgehead atoms. The molecule has 0 aliphatic carbocycles. The van der Waals surface area contributed by atoms with Crippen LogP contribution in [0.3, 0.4) is 0 Å². The summed E-state index contributed by atoms with van der Waals surface area (Å²) in [7, 11) is -4.03. The quantitative estimate of drug-likeness (QED) is 0.457. The van der Waals surface area contributed by atoms with Crippen LogP contribution in [0.15, 0.2) is 23.1 Å². The maximum absolute atomic E-state index is 12.5. The molecular weight excluding hydrogens is 298 g/mol. The number of rotatable bonds is 6. The second-order valence-corrected chi connectivity index (χ2v) is 7.13. The zero-order valence-electron chi connectivity index (χ0n) is 12.1. The maximum atomic E-state index is 12.5. The fourth-order valence-electron chi connectivity index (χ4n) is 1.80. The van der Waals surface area contributed by atoms with Crippen LogP contribution in [-0.2, 0) is 10.0 Å². The lowest BCUT2D eigenvalue weighted by Crippen LogP contribution is -2.42. The van der Waals surface area contributed by atoms with Gasteiger partial charge in [0.15, 0.2) is 0 Å². The Morgan fingerprint density at radius 2 is 2.00 bits per heavy atom. The SMILES string of the molecule is CCN(CC(C)(C)O)S(=O)(=O)c1cc([N+](=O)[O-])ccc1N. The number of hydrogen-bond donors (Lipinski definition) is 2. The number of sulfonamides is 1. The molecule has 0 saturated carbocycles. The Hall–Kier alpha value is -1.71. The fraction of sp³-hybridized carbons (Fsp3) is 0.500. The minimum Gasteiger partial charge on any atom is -0.398 e. The number of nitro benzene ring substituents is 1. The molecule has 3 N–H and O–H groups in total. The average molecular weight is 317 g/mol. The summed E-state index contributed by atoms with van der Waals surface area (Å²) in [5, 5.41) is 20.6. The van der Waals surface area contributed by atoms with E-state index in [4.69, 9.17) is 5.73 Å². The highest BCUT2D eigenvalue weighted by atomic mass is 32.2. The van der Waals surface area contributed by atoms with Gasteiger partial charge >= 0.3 is 0 Å². The molecule has 0 amide bonds. The molecule has 0 fully saturated rings. The van der Waals surface area contributed by atoms with Gasteiger partial charge in [-0.2, -0.15) is 4.31 Å². The van der Waals surface area contributed by atoms with Gasteiger partial charge in [0.2, 0.25) is 10.0 Å². The summed E-state index contributed by atoms with van der Waals surface area (Å²) in [6, 6.07) is 3.25. The van der Waals surface area contributed by atoms with Crippen molar-refractivity contribution in [2.24, 2.45) is 0 Å². The minimum absolute atomic E-state index is 0.0743. The minimum atomic E-state index is -4.03. The number of aliphatic hydroxyl groups is 1. The molecule has 0 spiro atoms. The van der Waals surface area contributed by atoms with Crippen LogP contribution < -0.4 is 5.73 Å². The first-order valence-electron chi connectivity index (χ1n) is 6.25. The summed E-state index contributed by atoms with van der Waals surface area (Å²) < 4.78 is 26.1. The Morgan fingerprint density at radius 3 is 2.43 bits per heavy atom. The third-order valence-electron chi connectivity index (χ3n) is 2.74. The second kappa shape index (κ2) is 5.96. The predicted molar refractivity (Wildman–Crippen MR) is 78.2 cm³/mol.